The average molecular weight is 426 g/mol. The van der Waals surface area contributed by atoms with Gasteiger partial charge in [-0.2, -0.15) is 0 Å². The van der Waals surface area contributed by atoms with Gasteiger partial charge in [-0.1, -0.05) is 6.42 Å². The summed E-state index contributed by atoms with van der Waals surface area (Å²) < 4.78 is 27.1. The van der Waals surface area contributed by atoms with Gasteiger partial charge in [-0.25, -0.2) is 13.1 Å². The van der Waals surface area contributed by atoms with Crippen LogP contribution in [-0.2, 0) is 14.8 Å². The van der Waals surface area contributed by atoms with Crippen LogP contribution in [-0.4, -0.2) is 76.0 Å². The molecule has 0 aromatic heterocycles. The molecule has 2 amide bonds. The molecule has 1 aliphatic heterocycles. The molecule has 9 nitrogen and oxygen atoms in total. The number of sulfonamides is 1. The number of carbonyl (C=O) groups is 2. The molecule has 1 heterocycles. The first-order valence-electron chi connectivity index (χ1n) is 9.89. The fourth-order valence-corrected chi connectivity index (χ4v) is 4.10. The standard InChI is InChI=1S/C19H31N5O4S/c1-16(25)24-13-11-23(12-14-24)15-21-19(26)17-5-7-18(8-6-17)29(27,28)22-10-4-2-3-9-20/h5-8,22H,2-4,9-15,20H2,1H3,(H,21,26). The number of hydrogen-bond acceptors (Lipinski definition) is 6. The Morgan fingerprint density at radius 2 is 1.69 bits per heavy atom. The van der Waals surface area contributed by atoms with Gasteiger partial charge in [0, 0.05) is 45.2 Å². The molecule has 1 aliphatic rings. The van der Waals surface area contributed by atoms with Crippen LogP contribution in [0.15, 0.2) is 29.2 Å². The van der Waals surface area contributed by atoms with Crippen LogP contribution in [0.25, 0.3) is 0 Å². The van der Waals surface area contributed by atoms with E-state index < -0.39 is 10.0 Å². The number of benzene rings is 1. The summed E-state index contributed by atoms with van der Waals surface area (Å²) in [6.07, 6.45) is 2.48. The average Bonchev–Trinajstić information content (AvgIpc) is 2.72. The first-order valence-corrected chi connectivity index (χ1v) is 11.4. The molecule has 0 bridgehead atoms. The lowest BCUT2D eigenvalue weighted by atomic mass is 10.2. The van der Waals surface area contributed by atoms with Crippen LogP contribution in [0.3, 0.4) is 0 Å². The number of amides is 2. The van der Waals surface area contributed by atoms with Crippen molar-refractivity contribution in [3.05, 3.63) is 29.8 Å². The van der Waals surface area contributed by atoms with Crippen molar-refractivity contribution in [3.63, 3.8) is 0 Å². The normalized spacial score (nSPS) is 15.3. The minimum Gasteiger partial charge on any atom is -0.340 e. The number of nitrogens with zero attached hydrogens (tertiary/aromatic N) is 2. The maximum absolute atomic E-state index is 12.3. The molecule has 1 fully saturated rings. The van der Waals surface area contributed by atoms with E-state index in [0.29, 0.717) is 51.5 Å². The van der Waals surface area contributed by atoms with Gasteiger partial charge in [0.1, 0.15) is 0 Å². The number of piperazine rings is 1. The molecule has 1 aromatic carbocycles. The van der Waals surface area contributed by atoms with Gasteiger partial charge in [0.25, 0.3) is 5.91 Å². The van der Waals surface area contributed by atoms with Gasteiger partial charge >= 0.3 is 0 Å². The fourth-order valence-electron chi connectivity index (χ4n) is 3.03. The quantitative estimate of drug-likeness (QED) is 0.451. The summed E-state index contributed by atoms with van der Waals surface area (Å²) in [7, 11) is -3.59. The van der Waals surface area contributed by atoms with Crippen LogP contribution in [0.1, 0.15) is 36.5 Å². The van der Waals surface area contributed by atoms with E-state index in [1.54, 1.807) is 11.8 Å². The van der Waals surface area contributed by atoms with Crippen molar-refractivity contribution >= 4 is 21.8 Å². The maximum Gasteiger partial charge on any atom is 0.252 e. The van der Waals surface area contributed by atoms with Crippen molar-refractivity contribution in [1.82, 2.24) is 19.8 Å². The van der Waals surface area contributed by atoms with Gasteiger partial charge in [-0.3, -0.25) is 14.5 Å². The highest BCUT2D eigenvalue weighted by molar-refractivity contribution is 7.89. The van der Waals surface area contributed by atoms with Crippen molar-refractivity contribution in [2.45, 2.75) is 31.1 Å². The lowest BCUT2D eigenvalue weighted by Crippen LogP contribution is -2.51. The zero-order valence-electron chi connectivity index (χ0n) is 16.9. The highest BCUT2D eigenvalue weighted by Gasteiger charge is 2.19. The van der Waals surface area contributed by atoms with Crippen LogP contribution in [0.2, 0.25) is 0 Å². The van der Waals surface area contributed by atoms with E-state index in [4.69, 9.17) is 5.73 Å². The summed E-state index contributed by atoms with van der Waals surface area (Å²) >= 11 is 0. The topological polar surface area (TPSA) is 125 Å². The summed E-state index contributed by atoms with van der Waals surface area (Å²) in [5.41, 5.74) is 5.82. The number of unbranched alkanes of at least 4 members (excludes halogenated alkanes) is 2. The maximum atomic E-state index is 12.3. The van der Waals surface area contributed by atoms with Gasteiger partial charge in [0.05, 0.1) is 11.6 Å². The first kappa shape index (κ1) is 23.3. The second-order valence-electron chi connectivity index (χ2n) is 7.06. The largest absolute Gasteiger partial charge is 0.340 e. The third-order valence-electron chi connectivity index (χ3n) is 4.88. The van der Waals surface area contributed by atoms with Gasteiger partial charge < -0.3 is 16.0 Å². The fraction of sp³-hybridized carbons (Fsp3) is 0.579. The predicted molar refractivity (Wildman–Crippen MR) is 111 cm³/mol. The van der Waals surface area contributed by atoms with E-state index in [-0.39, 0.29) is 16.7 Å². The Hall–Kier alpha value is -2.01. The van der Waals surface area contributed by atoms with Crippen molar-refractivity contribution in [2.75, 3.05) is 45.9 Å². The third kappa shape index (κ3) is 7.39. The zero-order chi connectivity index (χ0) is 21.3. The molecular formula is C19H31N5O4S. The minimum atomic E-state index is -3.59. The first-order chi connectivity index (χ1) is 13.8. The third-order valence-corrected chi connectivity index (χ3v) is 6.36. The predicted octanol–water partition coefficient (Wildman–Crippen LogP) is -0.0547. The Morgan fingerprint density at radius 1 is 1.03 bits per heavy atom. The zero-order valence-corrected chi connectivity index (χ0v) is 17.7. The van der Waals surface area contributed by atoms with Crippen LogP contribution < -0.4 is 15.8 Å². The highest BCUT2D eigenvalue weighted by atomic mass is 32.2. The molecule has 0 atom stereocenters. The van der Waals surface area contributed by atoms with Gasteiger partial charge in [0.15, 0.2) is 0 Å². The Kier molecular flexibility index (Phi) is 9.02. The Labute approximate surface area is 172 Å². The van der Waals surface area contributed by atoms with Crippen LogP contribution >= 0.6 is 0 Å². The van der Waals surface area contributed by atoms with Gasteiger partial charge in [0.2, 0.25) is 15.9 Å². The molecule has 10 heteroatoms. The molecule has 0 saturated carbocycles. The van der Waals surface area contributed by atoms with E-state index in [2.05, 4.69) is 14.9 Å². The smallest absolute Gasteiger partial charge is 0.252 e. The van der Waals surface area contributed by atoms with E-state index in [1.165, 1.54) is 24.3 Å². The van der Waals surface area contributed by atoms with Gasteiger partial charge in [-0.15, -0.1) is 0 Å². The molecule has 0 unspecified atom stereocenters. The molecular weight excluding hydrogens is 394 g/mol. The molecule has 1 aromatic rings. The number of nitrogens with one attached hydrogen (secondary N) is 2. The molecule has 4 N–H and O–H groups in total. The Morgan fingerprint density at radius 3 is 2.28 bits per heavy atom. The monoisotopic (exact) mass is 425 g/mol. The van der Waals surface area contributed by atoms with Crippen LogP contribution in [0.4, 0.5) is 0 Å². The number of carbonyl (C=O) groups excluding carboxylic acids is 2. The highest BCUT2D eigenvalue weighted by Crippen LogP contribution is 2.11. The SMILES string of the molecule is CC(=O)N1CCN(CNC(=O)c2ccc(S(=O)(=O)NCCCCCN)cc2)CC1. The molecule has 1 saturated heterocycles. The summed E-state index contributed by atoms with van der Waals surface area (Å²) in [4.78, 5) is 27.6. The van der Waals surface area contributed by atoms with Crippen molar-refractivity contribution in [2.24, 2.45) is 5.73 Å². The second kappa shape index (κ2) is 11.2. The van der Waals surface area contributed by atoms with E-state index in [0.717, 1.165) is 19.3 Å². The molecule has 162 valence electrons. The molecule has 2 rings (SSSR count). The van der Waals surface area contributed by atoms with Gasteiger partial charge in [-0.05, 0) is 43.7 Å². The summed E-state index contributed by atoms with van der Waals surface area (Å²) in [5.74, 6) is -0.202. The summed E-state index contributed by atoms with van der Waals surface area (Å²) in [5, 5.41) is 2.83. The number of nitrogens with two attached hydrogens (primary N) is 1. The summed E-state index contributed by atoms with van der Waals surface area (Å²) in [6.45, 7) is 5.61. The van der Waals surface area contributed by atoms with E-state index >= 15 is 0 Å². The molecule has 0 radical (unpaired) electrons. The van der Waals surface area contributed by atoms with E-state index in [9.17, 15) is 18.0 Å². The Bertz CT molecular complexity index is 774. The van der Waals surface area contributed by atoms with Crippen molar-refractivity contribution in [3.8, 4) is 0 Å². The molecule has 0 aliphatic carbocycles. The van der Waals surface area contributed by atoms with E-state index in [1.807, 2.05) is 0 Å². The lowest BCUT2D eigenvalue weighted by molar-refractivity contribution is -0.130. The second-order valence-corrected chi connectivity index (χ2v) is 8.83. The molecule has 0 spiro atoms. The number of rotatable bonds is 10. The molecule has 29 heavy (non-hydrogen) atoms. The Balaban J connectivity index is 1.80. The van der Waals surface area contributed by atoms with Crippen LogP contribution in [0, 0.1) is 0 Å². The number of hydrogen-bond donors (Lipinski definition) is 3. The van der Waals surface area contributed by atoms with Crippen molar-refractivity contribution < 1.29 is 18.0 Å². The minimum absolute atomic E-state index is 0.0637. The van der Waals surface area contributed by atoms with Crippen LogP contribution in [0.5, 0.6) is 0 Å². The lowest BCUT2D eigenvalue weighted by Gasteiger charge is -2.34. The van der Waals surface area contributed by atoms with Crippen molar-refractivity contribution in [1.29, 1.82) is 0 Å². The summed E-state index contributed by atoms with van der Waals surface area (Å²) in [6, 6.07) is 5.88.